The molecule has 1 amide bonds. The molecular formula is C18H21N5O4S2. The van der Waals surface area contributed by atoms with Crippen LogP contribution in [0.25, 0.3) is 11.0 Å². The van der Waals surface area contributed by atoms with Crippen LogP contribution in [0, 0.1) is 0 Å². The highest BCUT2D eigenvalue weighted by molar-refractivity contribution is 7.89. The van der Waals surface area contributed by atoms with E-state index in [0.717, 1.165) is 16.0 Å². The van der Waals surface area contributed by atoms with Gasteiger partial charge in [0.05, 0.1) is 30.6 Å². The van der Waals surface area contributed by atoms with Gasteiger partial charge in [0.2, 0.25) is 15.9 Å². The van der Waals surface area contributed by atoms with E-state index in [1.165, 1.54) is 20.2 Å². The largest absolute Gasteiger partial charge is 0.492 e. The summed E-state index contributed by atoms with van der Waals surface area (Å²) in [7, 11) is -0.802. The Morgan fingerprint density at radius 1 is 1.21 bits per heavy atom. The number of hydrogen-bond acceptors (Lipinski definition) is 8. The Bertz CT molecular complexity index is 1130. The molecule has 3 rings (SSSR count). The Labute approximate surface area is 173 Å². The van der Waals surface area contributed by atoms with Crippen molar-refractivity contribution in [2.75, 3.05) is 37.9 Å². The highest BCUT2D eigenvalue weighted by atomic mass is 32.2. The lowest BCUT2D eigenvalue weighted by Gasteiger charge is -2.17. The van der Waals surface area contributed by atoms with Crippen LogP contribution in [0.1, 0.15) is 6.92 Å². The molecule has 0 aliphatic carbocycles. The van der Waals surface area contributed by atoms with Crippen LogP contribution in [0.5, 0.6) is 5.75 Å². The summed E-state index contributed by atoms with van der Waals surface area (Å²) >= 11 is 1.08. The van der Waals surface area contributed by atoms with Crippen LogP contribution >= 0.6 is 11.7 Å². The smallest absolute Gasteiger partial charge is 0.246 e. The van der Waals surface area contributed by atoms with Gasteiger partial charge in [-0.3, -0.25) is 4.79 Å². The predicted molar refractivity (Wildman–Crippen MR) is 113 cm³/mol. The van der Waals surface area contributed by atoms with E-state index in [1.54, 1.807) is 31.2 Å². The van der Waals surface area contributed by atoms with Gasteiger partial charge in [-0.15, -0.1) is 0 Å². The lowest BCUT2D eigenvalue weighted by Crippen LogP contribution is -2.24. The monoisotopic (exact) mass is 435 g/mol. The summed E-state index contributed by atoms with van der Waals surface area (Å²) in [5, 5.41) is 5.73. The Kier molecular flexibility index (Phi) is 6.30. The van der Waals surface area contributed by atoms with Crippen LogP contribution in [0.15, 0.2) is 41.3 Å². The minimum Gasteiger partial charge on any atom is -0.492 e. The van der Waals surface area contributed by atoms with Crippen LogP contribution < -0.4 is 15.4 Å². The van der Waals surface area contributed by atoms with Crippen molar-refractivity contribution in [3.63, 3.8) is 0 Å². The van der Waals surface area contributed by atoms with Crippen molar-refractivity contribution in [2.45, 2.75) is 11.8 Å². The van der Waals surface area contributed by atoms with E-state index in [4.69, 9.17) is 4.74 Å². The molecule has 1 aromatic heterocycles. The third-order valence-corrected chi connectivity index (χ3v) is 6.39. The first-order valence-corrected chi connectivity index (χ1v) is 10.9. The van der Waals surface area contributed by atoms with Gasteiger partial charge >= 0.3 is 0 Å². The molecule has 0 saturated carbocycles. The maximum absolute atomic E-state index is 12.6. The molecule has 0 saturated heterocycles. The SMILES string of the molecule is CCOc1ccc(NCC(=O)Nc2cccc3nsnc23)cc1S(=O)(=O)N(C)C. The van der Waals surface area contributed by atoms with E-state index < -0.39 is 10.0 Å². The van der Waals surface area contributed by atoms with Crippen LogP contribution in [0.3, 0.4) is 0 Å². The second-order valence-corrected chi connectivity index (χ2v) is 8.87. The van der Waals surface area contributed by atoms with Crippen molar-refractivity contribution < 1.29 is 17.9 Å². The lowest BCUT2D eigenvalue weighted by molar-refractivity contribution is -0.114. The fourth-order valence-corrected chi connectivity index (χ4v) is 4.17. The van der Waals surface area contributed by atoms with Crippen molar-refractivity contribution >= 4 is 50.1 Å². The highest BCUT2D eigenvalue weighted by Gasteiger charge is 2.23. The normalized spacial score (nSPS) is 11.6. The van der Waals surface area contributed by atoms with Gasteiger partial charge < -0.3 is 15.4 Å². The first-order chi connectivity index (χ1) is 13.8. The number of hydrogen-bond donors (Lipinski definition) is 2. The summed E-state index contributed by atoms with van der Waals surface area (Å²) in [6.07, 6.45) is 0. The number of sulfonamides is 1. The van der Waals surface area contributed by atoms with Gasteiger partial charge in [0.1, 0.15) is 21.7 Å². The van der Waals surface area contributed by atoms with Gasteiger partial charge in [-0.05, 0) is 37.3 Å². The summed E-state index contributed by atoms with van der Waals surface area (Å²) < 4.78 is 40.1. The van der Waals surface area contributed by atoms with Gasteiger partial charge in [0.25, 0.3) is 0 Å². The zero-order valence-corrected chi connectivity index (χ0v) is 17.8. The number of carbonyl (C=O) groups excluding carboxylic acids is 1. The average Bonchev–Trinajstić information content (AvgIpc) is 3.17. The van der Waals surface area contributed by atoms with Gasteiger partial charge in [0.15, 0.2) is 0 Å². The molecule has 0 bridgehead atoms. The number of nitrogens with zero attached hydrogens (tertiary/aromatic N) is 3. The first kappa shape index (κ1) is 21.0. The number of aromatic nitrogens is 2. The van der Waals surface area contributed by atoms with Crippen molar-refractivity contribution in [1.82, 2.24) is 13.1 Å². The topological polar surface area (TPSA) is 114 Å². The zero-order chi connectivity index (χ0) is 21.0. The molecule has 0 aliphatic rings. The van der Waals surface area contributed by atoms with Gasteiger partial charge in [-0.2, -0.15) is 8.75 Å². The molecule has 0 aliphatic heterocycles. The number of nitrogens with one attached hydrogen (secondary N) is 2. The third kappa shape index (κ3) is 4.63. The molecule has 2 aromatic carbocycles. The second kappa shape index (κ2) is 8.72. The Morgan fingerprint density at radius 2 is 2.00 bits per heavy atom. The van der Waals surface area contributed by atoms with Crippen LogP contribution in [-0.2, 0) is 14.8 Å². The van der Waals surface area contributed by atoms with E-state index >= 15 is 0 Å². The van der Waals surface area contributed by atoms with Crippen LogP contribution in [0.2, 0.25) is 0 Å². The molecule has 0 radical (unpaired) electrons. The lowest BCUT2D eigenvalue weighted by atomic mass is 10.2. The number of fused-ring (bicyclic) bond motifs is 1. The van der Waals surface area contributed by atoms with Crippen molar-refractivity contribution in [2.24, 2.45) is 0 Å². The van der Waals surface area contributed by atoms with Crippen molar-refractivity contribution in [3.8, 4) is 5.75 Å². The summed E-state index contributed by atoms with van der Waals surface area (Å²) in [5.74, 6) is -0.0321. The Hall–Kier alpha value is -2.76. The van der Waals surface area contributed by atoms with Crippen LogP contribution in [0.4, 0.5) is 11.4 Å². The number of amides is 1. The molecule has 0 atom stereocenters. The van der Waals surface area contributed by atoms with E-state index in [9.17, 15) is 13.2 Å². The average molecular weight is 436 g/mol. The molecular weight excluding hydrogens is 414 g/mol. The standard InChI is InChI=1S/C18H21N5O4S2/c1-4-27-15-9-8-12(10-16(15)29(25,26)23(2)3)19-11-17(24)20-13-6-5-7-14-18(13)22-28-21-14/h5-10,19H,4,11H2,1-3H3,(H,20,24). The number of ether oxygens (including phenoxy) is 1. The second-order valence-electron chi connectivity index (χ2n) is 6.22. The molecule has 1 heterocycles. The summed E-state index contributed by atoms with van der Waals surface area (Å²) in [4.78, 5) is 12.4. The summed E-state index contributed by atoms with van der Waals surface area (Å²) in [5.41, 5.74) is 2.40. The number of carbonyl (C=O) groups is 1. The molecule has 2 N–H and O–H groups in total. The highest BCUT2D eigenvalue weighted by Crippen LogP contribution is 2.29. The molecule has 0 spiro atoms. The molecule has 29 heavy (non-hydrogen) atoms. The fourth-order valence-electron chi connectivity index (χ4n) is 2.57. The van der Waals surface area contributed by atoms with E-state index in [2.05, 4.69) is 19.4 Å². The van der Waals surface area contributed by atoms with Crippen molar-refractivity contribution in [1.29, 1.82) is 0 Å². The minimum absolute atomic E-state index is 0.0353. The zero-order valence-electron chi connectivity index (χ0n) is 16.2. The maximum Gasteiger partial charge on any atom is 0.246 e. The molecule has 3 aromatic rings. The van der Waals surface area contributed by atoms with Crippen LogP contribution in [-0.4, -0.2) is 54.6 Å². The molecule has 154 valence electrons. The summed E-state index contributed by atoms with van der Waals surface area (Å²) in [6.45, 7) is 2.06. The Balaban J connectivity index is 1.75. The third-order valence-electron chi connectivity index (χ3n) is 4.02. The van der Waals surface area contributed by atoms with E-state index in [-0.39, 0.29) is 23.1 Å². The number of benzene rings is 2. The van der Waals surface area contributed by atoms with Crippen molar-refractivity contribution in [3.05, 3.63) is 36.4 Å². The first-order valence-electron chi connectivity index (χ1n) is 8.77. The molecule has 11 heteroatoms. The fraction of sp³-hybridized carbons (Fsp3) is 0.278. The van der Waals surface area contributed by atoms with E-state index in [1.807, 2.05) is 6.07 Å². The predicted octanol–water partition coefficient (Wildman–Crippen LogP) is 2.39. The quantitative estimate of drug-likeness (QED) is 0.558. The van der Waals surface area contributed by atoms with Gasteiger partial charge in [-0.25, -0.2) is 12.7 Å². The molecule has 9 nitrogen and oxygen atoms in total. The molecule has 0 fully saturated rings. The van der Waals surface area contributed by atoms with E-state index in [0.29, 0.717) is 29.0 Å². The minimum atomic E-state index is -3.70. The number of rotatable bonds is 8. The van der Waals surface area contributed by atoms with Gasteiger partial charge in [-0.1, -0.05) is 6.07 Å². The summed E-state index contributed by atoms with van der Waals surface area (Å²) in [6, 6.07) is 10.1. The van der Waals surface area contributed by atoms with Gasteiger partial charge in [0, 0.05) is 19.8 Å². The Morgan fingerprint density at radius 3 is 2.72 bits per heavy atom. The number of anilines is 2. The molecule has 0 unspecified atom stereocenters. The maximum atomic E-state index is 12.6.